The summed E-state index contributed by atoms with van der Waals surface area (Å²) < 4.78 is 27.6. The lowest BCUT2D eigenvalue weighted by molar-refractivity contribution is -0.0149. The van der Waals surface area contributed by atoms with Crippen LogP contribution < -0.4 is 5.56 Å². The van der Waals surface area contributed by atoms with E-state index in [1.54, 1.807) is 0 Å². The minimum absolute atomic E-state index is 0.0393. The smallest absolute Gasteiger partial charge is 0.265 e. The van der Waals surface area contributed by atoms with Gasteiger partial charge in [0.1, 0.15) is 11.6 Å². The van der Waals surface area contributed by atoms with Crippen LogP contribution in [0, 0.1) is 5.82 Å². The fourth-order valence-corrected chi connectivity index (χ4v) is 3.07. The van der Waals surface area contributed by atoms with Gasteiger partial charge in [0.25, 0.3) is 5.56 Å². The van der Waals surface area contributed by atoms with Crippen molar-refractivity contribution >= 4 is 30.9 Å². The van der Waals surface area contributed by atoms with Crippen molar-refractivity contribution in [3.63, 3.8) is 0 Å². The van der Waals surface area contributed by atoms with E-state index in [1.807, 2.05) is 0 Å². The molecule has 0 amide bonds. The average molecular weight is 347 g/mol. The molecule has 1 aliphatic rings. The molecule has 1 N–H and O–H groups in total. The first-order valence-electron chi connectivity index (χ1n) is 6.65. The number of fused-ring (bicyclic) bond motifs is 1. The van der Waals surface area contributed by atoms with E-state index in [1.165, 1.54) is 28.7 Å². The molecule has 2 aromatic heterocycles. The maximum absolute atomic E-state index is 14.1. The number of rotatable bonds is 4. The summed E-state index contributed by atoms with van der Waals surface area (Å²) in [6, 6.07) is 0. The van der Waals surface area contributed by atoms with Crippen LogP contribution in [-0.2, 0) is 16.3 Å². The molecule has 1 saturated heterocycles. The van der Waals surface area contributed by atoms with Crippen molar-refractivity contribution in [3.05, 3.63) is 28.7 Å². The first kappa shape index (κ1) is 15.9. The Labute approximate surface area is 131 Å². The topological polar surface area (TPSA) is 78.5 Å². The molecular formula is C12H15FN3O4PS. The molecule has 10 heteroatoms. The lowest BCUT2D eigenvalue weighted by Gasteiger charge is -2.16. The molecule has 0 aromatic carbocycles. The van der Waals surface area contributed by atoms with Gasteiger partial charge in [-0.05, 0) is 12.8 Å². The van der Waals surface area contributed by atoms with Gasteiger partial charge in [0.2, 0.25) is 7.58 Å². The third-order valence-electron chi connectivity index (χ3n) is 3.62. The molecular weight excluding hydrogens is 332 g/mol. The molecule has 3 rings (SSSR count). The molecule has 120 valence electrons. The van der Waals surface area contributed by atoms with Crippen molar-refractivity contribution in [1.82, 2.24) is 14.1 Å². The van der Waals surface area contributed by atoms with Crippen LogP contribution in [0.15, 0.2) is 17.3 Å². The quantitative estimate of drug-likeness (QED) is 0.650. The molecule has 3 unspecified atom stereocenters. The number of aryl methyl sites for hydroxylation is 1. The SMILES string of the molecule is Cn1cnc2c(c(F)cn2C2CCC(COP(O)S)O2)c1=O. The van der Waals surface area contributed by atoms with Crippen molar-refractivity contribution in [2.24, 2.45) is 7.05 Å². The normalized spacial score (nSPS) is 23.3. The third kappa shape index (κ3) is 2.91. The van der Waals surface area contributed by atoms with E-state index in [0.29, 0.717) is 12.8 Å². The largest absolute Gasteiger partial charge is 0.352 e. The van der Waals surface area contributed by atoms with Gasteiger partial charge in [-0.15, -0.1) is 0 Å². The summed E-state index contributed by atoms with van der Waals surface area (Å²) in [6.45, 7) is 0.221. The van der Waals surface area contributed by atoms with Gasteiger partial charge in [0, 0.05) is 13.2 Å². The first-order chi connectivity index (χ1) is 10.5. The second-order valence-electron chi connectivity index (χ2n) is 5.08. The van der Waals surface area contributed by atoms with Crippen molar-refractivity contribution in [2.45, 2.75) is 25.2 Å². The standard InChI is InChI=1S/C12H15FN3O4PS/c1-15-6-14-11-10(12(15)17)8(13)4-16(11)9-3-2-7(20-9)5-19-21(18)22/h4,6-7,9,18,22H,2-3,5H2,1H3. The molecule has 22 heavy (non-hydrogen) atoms. The van der Waals surface area contributed by atoms with Crippen LogP contribution in [0.3, 0.4) is 0 Å². The molecule has 2 aromatic rings. The predicted molar refractivity (Wildman–Crippen MR) is 82.2 cm³/mol. The fourth-order valence-electron chi connectivity index (χ4n) is 2.57. The second kappa shape index (κ2) is 6.25. The Bertz CT molecular complexity index is 750. The summed E-state index contributed by atoms with van der Waals surface area (Å²) in [5.41, 5.74) is -0.161. The lowest BCUT2D eigenvalue weighted by atomic mass is 10.2. The molecule has 0 saturated carbocycles. The number of hydrogen-bond acceptors (Lipinski definition) is 6. The van der Waals surface area contributed by atoms with Gasteiger partial charge < -0.3 is 23.3 Å². The Kier molecular flexibility index (Phi) is 4.52. The van der Waals surface area contributed by atoms with Gasteiger partial charge in [0.05, 0.1) is 19.0 Å². The van der Waals surface area contributed by atoms with E-state index < -0.39 is 25.2 Å². The molecule has 0 radical (unpaired) electrons. The average Bonchev–Trinajstić information content (AvgIpc) is 3.05. The Morgan fingerprint density at radius 1 is 1.64 bits per heavy atom. The van der Waals surface area contributed by atoms with Crippen molar-refractivity contribution < 1.29 is 18.5 Å². The number of hydrogen-bond donors (Lipinski definition) is 2. The van der Waals surface area contributed by atoms with Crippen LogP contribution >= 0.6 is 19.8 Å². The highest BCUT2D eigenvalue weighted by Gasteiger charge is 2.29. The first-order valence-corrected chi connectivity index (χ1v) is 9.02. The summed E-state index contributed by atoms with van der Waals surface area (Å²) in [4.78, 5) is 25.2. The minimum atomic E-state index is -1.73. The number of aromatic nitrogens is 3. The Morgan fingerprint density at radius 2 is 2.41 bits per heavy atom. The van der Waals surface area contributed by atoms with Crippen molar-refractivity contribution in [2.75, 3.05) is 6.61 Å². The molecule has 0 bridgehead atoms. The highest BCUT2D eigenvalue weighted by Crippen LogP contribution is 2.38. The maximum Gasteiger partial charge on any atom is 0.265 e. The summed E-state index contributed by atoms with van der Waals surface area (Å²) in [6.07, 6.45) is 3.32. The number of halogens is 1. The molecule has 3 heterocycles. The van der Waals surface area contributed by atoms with Crippen LogP contribution in [-0.4, -0.2) is 31.7 Å². The molecule has 0 spiro atoms. The zero-order valence-electron chi connectivity index (χ0n) is 11.7. The maximum atomic E-state index is 14.1. The van der Waals surface area contributed by atoms with E-state index in [0.717, 1.165) is 0 Å². The predicted octanol–water partition coefficient (Wildman–Crippen LogP) is 1.72. The van der Waals surface area contributed by atoms with Gasteiger partial charge >= 0.3 is 0 Å². The second-order valence-corrected chi connectivity index (χ2v) is 6.87. The lowest BCUT2D eigenvalue weighted by Crippen LogP contribution is -2.19. The van der Waals surface area contributed by atoms with E-state index in [4.69, 9.17) is 14.2 Å². The molecule has 7 nitrogen and oxygen atoms in total. The van der Waals surface area contributed by atoms with Crippen LogP contribution in [0.25, 0.3) is 11.0 Å². The van der Waals surface area contributed by atoms with E-state index in [9.17, 15) is 9.18 Å². The van der Waals surface area contributed by atoms with Gasteiger partial charge in [-0.2, -0.15) is 0 Å². The van der Waals surface area contributed by atoms with E-state index in [2.05, 4.69) is 17.2 Å². The van der Waals surface area contributed by atoms with Crippen LogP contribution in [0.5, 0.6) is 0 Å². The zero-order valence-corrected chi connectivity index (χ0v) is 13.5. The van der Waals surface area contributed by atoms with Gasteiger partial charge in [-0.1, -0.05) is 12.2 Å². The van der Waals surface area contributed by atoms with Crippen molar-refractivity contribution in [3.8, 4) is 0 Å². The zero-order chi connectivity index (χ0) is 15.9. The summed E-state index contributed by atoms with van der Waals surface area (Å²) in [5, 5.41) is -0.0393. The molecule has 0 aliphatic carbocycles. The van der Waals surface area contributed by atoms with Crippen LogP contribution in [0.1, 0.15) is 19.1 Å². The molecule has 1 fully saturated rings. The van der Waals surface area contributed by atoms with E-state index >= 15 is 0 Å². The monoisotopic (exact) mass is 347 g/mol. The number of nitrogens with zero attached hydrogens (tertiary/aromatic N) is 3. The van der Waals surface area contributed by atoms with E-state index in [-0.39, 0.29) is 23.7 Å². The Hall–Kier alpha value is -0.990. The highest BCUT2D eigenvalue weighted by molar-refractivity contribution is 8.41. The summed E-state index contributed by atoms with van der Waals surface area (Å²) in [7, 11) is -0.203. The van der Waals surface area contributed by atoms with Crippen LogP contribution in [0.2, 0.25) is 0 Å². The Morgan fingerprint density at radius 3 is 3.14 bits per heavy atom. The summed E-state index contributed by atoms with van der Waals surface area (Å²) >= 11 is 3.78. The van der Waals surface area contributed by atoms with Crippen molar-refractivity contribution in [1.29, 1.82) is 0 Å². The van der Waals surface area contributed by atoms with Gasteiger partial charge in [0.15, 0.2) is 11.5 Å². The molecule has 3 atom stereocenters. The number of thiol groups is 1. The van der Waals surface area contributed by atoms with Gasteiger partial charge in [-0.3, -0.25) is 4.79 Å². The number of ether oxygens (including phenoxy) is 1. The minimum Gasteiger partial charge on any atom is -0.352 e. The summed E-state index contributed by atoms with van der Waals surface area (Å²) in [5.74, 6) is -0.610. The Balaban J connectivity index is 1.86. The van der Waals surface area contributed by atoms with Crippen LogP contribution in [0.4, 0.5) is 4.39 Å². The third-order valence-corrected chi connectivity index (χ3v) is 4.34. The van der Waals surface area contributed by atoms with Gasteiger partial charge in [-0.25, -0.2) is 9.37 Å². The highest BCUT2D eigenvalue weighted by atomic mass is 32.7. The fraction of sp³-hybridized carbons (Fsp3) is 0.500. The molecule has 1 aliphatic heterocycles.